The van der Waals surface area contributed by atoms with Crippen molar-refractivity contribution in [3.05, 3.63) is 69.8 Å². The molecular weight excluding hydrogens is 405 g/mol. The summed E-state index contributed by atoms with van der Waals surface area (Å²) in [7, 11) is -4.80. The summed E-state index contributed by atoms with van der Waals surface area (Å²) in [6.45, 7) is 0. The van der Waals surface area contributed by atoms with E-state index in [2.05, 4.69) is 0 Å². The Hall–Kier alpha value is -2.99. The lowest BCUT2D eigenvalue weighted by Crippen LogP contribution is -2.42. The average Bonchev–Trinajstić information content (AvgIpc) is 2.60. The minimum Gasteiger partial charge on any atom is -0.480 e. The second-order valence-electron chi connectivity index (χ2n) is 5.64. The number of hydrogen-bond acceptors (Lipinski definition) is 5. The van der Waals surface area contributed by atoms with E-state index in [1.54, 1.807) is 35.1 Å². The van der Waals surface area contributed by atoms with E-state index in [1.165, 1.54) is 0 Å². The van der Waals surface area contributed by atoms with Crippen LogP contribution in [-0.2, 0) is 27.4 Å². The maximum Gasteiger partial charge on any atom is 0.416 e. The largest absolute Gasteiger partial charge is 0.480 e. The van der Waals surface area contributed by atoms with Crippen molar-refractivity contribution in [3.63, 3.8) is 0 Å². The molecule has 0 fully saturated rings. The summed E-state index contributed by atoms with van der Waals surface area (Å²) >= 11 is 0. The Labute approximate surface area is 156 Å². The molecule has 0 radical (unpaired) electrons. The summed E-state index contributed by atoms with van der Waals surface area (Å²) < 4.78 is 65.0. The van der Waals surface area contributed by atoms with Gasteiger partial charge in [0.15, 0.2) is 4.90 Å². The Balaban J connectivity index is 2.42. The molecule has 2 rings (SSSR count). The van der Waals surface area contributed by atoms with Gasteiger partial charge in [0.25, 0.3) is 5.69 Å². The Bertz CT molecular complexity index is 993. The molecule has 1 unspecified atom stereocenters. The van der Waals surface area contributed by atoms with Gasteiger partial charge < -0.3 is 5.11 Å². The zero-order chi connectivity index (χ0) is 21.1. The molecule has 0 aromatic heterocycles. The molecule has 0 aliphatic heterocycles. The van der Waals surface area contributed by atoms with Crippen LogP contribution < -0.4 is 4.72 Å². The van der Waals surface area contributed by atoms with Crippen molar-refractivity contribution in [2.24, 2.45) is 0 Å². The molecule has 28 heavy (non-hydrogen) atoms. The van der Waals surface area contributed by atoms with Crippen LogP contribution in [-0.4, -0.2) is 30.5 Å². The lowest BCUT2D eigenvalue weighted by Gasteiger charge is -2.15. The molecule has 8 nitrogen and oxygen atoms in total. The zero-order valence-electron chi connectivity index (χ0n) is 13.9. The standard InChI is InChI=1S/C16H13F3N2O6S/c17-16(18,19)11-6-7-14(13(9-11)21(24)25)28(26,27)20-12(15(22)23)8-10-4-2-1-3-5-10/h1-7,9,12,20H,8H2,(H,22,23). The summed E-state index contributed by atoms with van der Waals surface area (Å²) in [5.41, 5.74) is -2.25. The highest BCUT2D eigenvalue weighted by Crippen LogP contribution is 2.34. The first-order chi connectivity index (χ1) is 12.9. The van der Waals surface area contributed by atoms with E-state index in [0.29, 0.717) is 17.7 Å². The summed E-state index contributed by atoms with van der Waals surface area (Å²) in [5, 5.41) is 20.4. The highest BCUT2D eigenvalue weighted by atomic mass is 32.2. The van der Waals surface area contributed by atoms with Crippen molar-refractivity contribution in [2.45, 2.75) is 23.5 Å². The molecule has 1 atom stereocenters. The quantitative estimate of drug-likeness (QED) is 0.526. The van der Waals surface area contributed by atoms with E-state index in [0.717, 1.165) is 0 Å². The van der Waals surface area contributed by atoms with Crippen LogP contribution in [0.4, 0.5) is 18.9 Å². The van der Waals surface area contributed by atoms with E-state index < -0.39 is 49.3 Å². The molecule has 0 heterocycles. The van der Waals surface area contributed by atoms with Crippen LogP contribution >= 0.6 is 0 Å². The number of sulfonamides is 1. The molecule has 0 spiro atoms. The molecule has 0 aliphatic rings. The number of aliphatic carboxylic acids is 1. The minimum absolute atomic E-state index is 0.0849. The van der Waals surface area contributed by atoms with Gasteiger partial charge >= 0.3 is 12.1 Å². The van der Waals surface area contributed by atoms with Crippen molar-refractivity contribution in [1.82, 2.24) is 4.72 Å². The van der Waals surface area contributed by atoms with Crippen LogP contribution in [0.2, 0.25) is 0 Å². The van der Waals surface area contributed by atoms with Crippen LogP contribution in [0, 0.1) is 10.1 Å². The molecule has 0 amide bonds. The summed E-state index contributed by atoms with van der Waals surface area (Å²) in [6, 6.07) is 7.15. The average molecular weight is 418 g/mol. The lowest BCUT2D eigenvalue weighted by molar-refractivity contribution is -0.388. The molecule has 2 N–H and O–H groups in total. The number of nitro benzene ring substituents is 1. The Kier molecular flexibility index (Phi) is 6.04. The number of carboxylic acids is 1. The van der Waals surface area contributed by atoms with Gasteiger partial charge in [-0.3, -0.25) is 14.9 Å². The molecule has 0 bridgehead atoms. The summed E-state index contributed by atoms with van der Waals surface area (Å²) in [6.07, 6.45) is -5.19. The Morgan fingerprint density at radius 3 is 2.29 bits per heavy atom. The van der Waals surface area contributed by atoms with Gasteiger partial charge in [0.05, 0.1) is 10.5 Å². The highest BCUT2D eigenvalue weighted by molar-refractivity contribution is 7.89. The number of hydrogen-bond donors (Lipinski definition) is 2. The van der Waals surface area contributed by atoms with Gasteiger partial charge in [-0.15, -0.1) is 0 Å². The van der Waals surface area contributed by atoms with Crippen LogP contribution in [0.25, 0.3) is 0 Å². The van der Waals surface area contributed by atoms with Crippen molar-refractivity contribution in [3.8, 4) is 0 Å². The zero-order valence-corrected chi connectivity index (χ0v) is 14.7. The third kappa shape index (κ3) is 5.04. The molecule has 2 aromatic rings. The number of alkyl halides is 3. The molecule has 0 aliphatic carbocycles. The summed E-state index contributed by atoms with van der Waals surface area (Å²) in [4.78, 5) is 20.1. The minimum atomic E-state index is -4.92. The van der Waals surface area contributed by atoms with E-state index in [-0.39, 0.29) is 12.5 Å². The van der Waals surface area contributed by atoms with Gasteiger partial charge in [0.1, 0.15) is 6.04 Å². The number of nitro groups is 1. The van der Waals surface area contributed by atoms with Crippen molar-refractivity contribution < 1.29 is 36.4 Å². The van der Waals surface area contributed by atoms with Gasteiger partial charge in [-0.1, -0.05) is 30.3 Å². The smallest absolute Gasteiger partial charge is 0.416 e. The van der Waals surface area contributed by atoms with Gasteiger partial charge in [-0.05, 0) is 24.1 Å². The normalized spacial score (nSPS) is 13.1. The van der Waals surface area contributed by atoms with E-state index in [4.69, 9.17) is 0 Å². The SMILES string of the molecule is O=C(O)C(Cc1ccccc1)NS(=O)(=O)c1ccc(C(F)(F)F)cc1[N+](=O)[O-]. The van der Waals surface area contributed by atoms with Gasteiger partial charge in [-0.2, -0.15) is 17.9 Å². The number of rotatable bonds is 7. The summed E-state index contributed by atoms with van der Waals surface area (Å²) in [5.74, 6) is -1.55. The predicted octanol–water partition coefficient (Wildman–Crippen LogP) is 2.59. The number of carbonyl (C=O) groups is 1. The molecule has 150 valence electrons. The lowest BCUT2D eigenvalue weighted by atomic mass is 10.1. The third-order valence-electron chi connectivity index (χ3n) is 3.65. The number of carboxylic acid groups (broad SMARTS) is 1. The Morgan fingerprint density at radius 1 is 1.18 bits per heavy atom. The number of nitrogens with zero attached hydrogens (tertiary/aromatic N) is 1. The molecule has 0 saturated heterocycles. The topological polar surface area (TPSA) is 127 Å². The van der Waals surface area contributed by atoms with Crippen molar-refractivity contribution >= 4 is 21.7 Å². The van der Waals surface area contributed by atoms with Gasteiger partial charge in [0, 0.05) is 6.07 Å². The molecular formula is C16H13F3N2O6S. The fourth-order valence-corrected chi connectivity index (χ4v) is 3.69. The van der Waals surface area contributed by atoms with Crippen LogP contribution in [0.3, 0.4) is 0 Å². The maximum atomic E-state index is 12.8. The van der Waals surface area contributed by atoms with E-state index >= 15 is 0 Å². The second kappa shape index (κ2) is 7.94. The third-order valence-corrected chi connectivity index (χ3v) is 5.17. The first-order valence-corrected chi connectivity index (χ1v) is 9.05. The van der Waals surface area contributed by atoms with E-state index in [1.807, 2.05) is 0 Å². The second-order valence-corrected chi connectivity index (χ2v) is 7.32. The van der Waals surface area contributed by atoms with Crippen LogP contribution in [0.5, 0.6) is 0 Å². The first-order valence-electron chi connectivity index (χ1n) is 7.56. The van der Waals surface area contributed by atoms with Crippen molar-refractivity contribution in [1.29, 1.82) is 0 Å². The fraction of sp³-hybridized carbons (Fsp3) is 0.188. The first kappa shape index (κ1) is 21.3. The highest BCUT2D eigenvalue weighted by Gasteiger charge is 2.36. The van der Waals surface area contributed by atoms with Gasteiger partial charge in [0.2, 0.25) is 10.0 Å². The number of benzene rings is 2. The van der Waals surface area contributed by atoms with Gasteiger partial charge in [-0.25, -0.2) is 8.42 Å². The Morgan fingerprint density at radius 2 is 1.79 bits per heavy atom. The van der Waals surface area contributed by atoms with Crippen LogP contribution in [0.1, 0.15) is 11.1 Å². The number of nitrogens with one attached hydrogen (secondary N) is 1. The van der Waals surface area contributed by atoms with Crippen molar-refractivity contribution in [2.75, 3.05) is 0 Å². The number of halogens is 3. The maximum absolute atomic E-state index is 12.8. The molecule has 0 saturated carbocycles. The van der Waals surface area contributed by atoms with Crippen LogP contribution in [0.15, 0.2) is 53.4 Å². The monoisotopic (exact) mass is 418 g/mol. The molecule has 12 heteroatoms. The van der Waals surface area contributed by atoms with E-state index in [9.17, 15) is 41.6 Å². The fourth-order valence-electron chi connectivity index (χ4n) is 2.34. The molecule has 2 aromatic carbocycles. The predicted molar refractivity (Wildman–Crippen MR) is 90.0 cm³/mol.